The average molecular weight is 318 g/mol. The lowest BCUT2D eigenvalue weighted by molar-refractivity contribution is 0.0698. The number of rotatable bonds is 2. The monoisotopic (exact) mass is 317 g/mol. The molecule has 0 atom stereocenters. The normalized spacial score (nSPS) is 16.9. The molecule has 1 amide bonds. The van der Waals surface area contributed by atoms with E-state index in [1.165, 1.54) is 6.07 Å². The highest BCUT2D eigenvalue weighted by Gasteiger charge is 2.23. The van der Waals surface area contributed by atoms with Crippen molar-refractivity contribution >= 4 is 21.8 Å². The van der Waals surface area contributed by atoms with E-state index in [0.29, 0.717) is 19.0 Å². The zero-order valence-corrected chi connectivity index (χ0v) is 11.4. The molecule has 0 saturated carbocycles. The molecule has 0 radical (unpaired) electrons. The number of likely N-dealkylation sites (tertiary alicyclic amines) is 1. The summed E-state index contributed by atoms with van der Waals surface area (Å²) in [5.41, 5.74) is 0.214. The fraction of sp³-hybridized carbons (Fsp3) is 0.462. The molecule has 0 aliphatic carbocycles. The van der Waals surface area contributed by atoms with Crippen molar-refractivity contribution in [2.75, 3.05) is 18.4 Å². The van der Waals surface area contributed by atoms with Gasteiger partial charge in [0, 0.05) is 24.0 Å². The van der Waals surface area contributed by atoms with Crippen LogP contribution in [0.5, 0.6) is 0 Å². The lowest BCUT2D eigenvalue weighted by atomic mass is 9.98. The summed E-state index contributed by atoms with van der Waals surface area (Å²) in [5.74, 6) is -1.53. The molecule has 2 rings (SSSR count). The fourth-order valence-electron chi connectivity index (χ4n) is 2.10. The van der Waals surface area contributed by atoms with Gasteiger partial charge < -0.3 is 4.90 Å². The van der Waals surface area contributed by atoms with Crippen LogP contribution in [-0.2, 0) is 0 Å². The molecule has 0 N–H and O–H groups in total. The summed E-state index contributed by atoms with van der Waals surface area (Å²) in [6, 6.07) is 3.29. The van der Waals surface area contributed by atoms with Gasteiger partial charge in [0.15, 0.2) is 11.6 Å². The van der Waals surface area contributed by atoms with Crippen LogP contribution in [0.25, 0.3) is 0 Å². The number of benzene rings is 1. The molecule has 1 fully saturated rings. The van der Waals surface area contributed by atoms with Crippen molar-refractivity contribution in [3.05, 3.63) is 35.4 Å². The molecule has 1 saturated heterocycles. The Labute approximate surface area is 113 Å². The number of hydrogen-bond donors (Lipinski definition) is 0. The minimum absolute atomic E-state index is 0.214. The van der Waals surface area contributed by atoms with E-state index < -0.39 is 11.6 Å². The van der Waals surface area contributed by atoms with Gasteiger partial charge in [0.25, 0.3) is 5.91 Å². The Morgan fingerprint density at radius 2 is 1.94 bits per heavy atom. The lowest BCUT2D eigenvalue weighted by Gasteiger charge is -2.31. The second kappa shape index (κ2) is 5.78. The molecule has 1 aliphatic heterocycles. The number of amides is 1. The SMILES string of the molecule is O=C(c1ccc(F)c(F)c1)N1CCC(CBr)CC1. The maximum atomic E-state index is 13.1. The maximum Gasteiger partial charge on any atom is 0.253 e. The second-order valence-electron chi connectivity index (χ2n) is 4.52. The highest BCUT2D eigenvalue weighted by molar-refractivity contribution is 9.09. The van der Waals surface area contributed by atoms with Gasteiger partial charge in [-0.05, 0) is 37.0 Å². The fourth-order valence-corrected chi connectivity index (χ4v) is 2.75. The van der Waals surface area contributed by atoms with Gasteiger partial charge in [0.2, 0.25) is 0 Å². The van der Waals surface area contributed by atoms with Crippen LogP contribution >= 0.6 is 15.9 Å². The molecule has 1 aliphatic rings. The number of carbonyl (C=O) groups excluding carboxylic acids is 1. The van der Waals surface area contributed by atoms with E-state index in [0.717, 1.165) is 30.3 Å². The van der Waals surface area contributed by atoms with Crippen molar-refractivity contribution in [1.82, 2.24) is 4.90 Å². The van der Waals surface area contributed by atoms with Crippen LogP contribution in [0.1, 0.15) is 23.2 Å². The van der Waals surface area contributed by atoms with E-state index in [1.807, 2.05) is 0 Å². The molecule has 18 heavy (non-hydrogen) atoms. The molecule has 0 unspecified atom stereocenters. The predicted octanol–water partition coefficient (Wildman–Crippen LogP) is 3.21. The number of nitrogens with zero attached hydrogens (tertiary/aromatic N) is 1. The van der Waals surface area contributed by atoms with Crippen molar-refractivity contribution < 1.29 is 13.6 Å². The van der Waals surface area contributed by atoms with Gasteiger partial charge in [0.1, 0.15) is 0 Å². The molecule has 5 heteroatoms. The topological polar surface area (TPSA) is 20.3 Å². The summed E-state index contributed by atoms with van der Waals surface area (Å²) >= 11 is 3.44. The molecule has 0 spiro atoms. The molecular formula is C13H14BrF2NO. The third-order valence-corrected chi connectivity index (χ3v) is 4.20. The van der Waals surface area contributed by atoms with E-state index in [1.54, 1.807) is 4.90 Å². The van der Waals surface area contributed by atoms with Gasteiger partial charge in [-0.1, -0.05) is 15.9 Å². The zero-order valence-electron chi connectivity index (χ0n) is 9.83. The Morgan fingerprint density at radius 3 is 2.50 bits per heavy atom. The highest BCUT2D eigenvalue weighted by Crippen LogP contribution is 2.21. The van der Waals surface area contributed by atoms with Gasteiger partial charge in [-0.25, -0.2) is 8.78 Å². The molecule has 0 aromatic heterocycles. The average Bonchev–Trinajstić information content (AvgIpc) is 2.41. The first kappa shape index (κ1) is 13.5. The number of alkyl halides is 1. The highest BCUT2D eigenvalue weighted by atomic mass is 79.9. The van der Waals surface area contributed by atoms with E-state index in [-0.39, 0.29) is 11.5 Å². The Hall–Kier alpha value is -0.970. The largest absolute Gasteiger partial charge is 0.339 e. The molecule has 0 bridgehead atoms. The Kier molecular flexibility index (Phi) is 4.32. The Morgan fingerprint density at radius 1 is 1.28 bits per heavy atom. The molecule has 2 nitrogen and oxygen atoms in total. The van der Waals surface area contributed by atoms with Gasteiger partial charge in [0.05, 0.1) is 0 Å². The van der Waals surface area contributed by atoms with Crippen LogP contribution in [0.3, 0.4) is 0 Å². The van der Waals surface area contributed by atoms with E-state index in [4.69, 9.17) is 0 Å². The third kappa shape index (κ3) is 2.88. The van der Waals surface area contributed by atoms with Crippen molar-refractivity contribution in [3.63, 3.8) is 0 Å². The summed E-state index contributed by atoms with van der Waals surface area (Å²) in [6.45, 7) is 1.35. The number of carbonyl (C=O) groups is 1. The second-order valence-corrected chi connectivity index (χ2v) is 5.17. The predicted molar refractivity (Wildman–Crippen MR) is 68.8 cm³/mol. The summed E-state index contributed by atoms with van der Waals surface area (Å²) in [6.07, 6.45) is 1.89. The lowest BCUT2D eigenvalue weighted by Crippen LogP contribution is -2.38. The van der Waals surface area contributed by atoms with Gasteiger partial charge in [-0.3, -0.25) is 4.79 Å². The summed E-state index contributed by atoms with van der Waals surface area (Å²) in [4.78, 5) is 13.8. The standard InChI is InChI=1S/C13H14BrF2NO/c14-8-9-3-5-17(6-4-9)13(18)10-1-2-11(15)12(16)7-10/h1-2,7,9H,3-6,8H2. The molecule has 1 aromatic rings. The van der Waals surface area contributed by atoms with E-state index in [2.05, 4.69) is 15.9 Å². The first-order chi connectivity index (χ1) is 8.61. The van der Waals surface area contributed by atoms with E-state index in [9.17, 15) is 13.6 Å². The van der Waals surface area contributed by atoms with Crippen LogP contribution in [0.15, 0.2) is 18.2 Å². The van der Waals surface area contributed by atoms with Crippen molar-refractivity contribution in [1.29, 1.82) is 0 Å². The first-order valence-electron chi connectivity index (χ1n) is 5.92. The van der Waals surface area contributed by atoms with Crippen molar-refractivity contribution in [2.45, 2.75) is 12.8 Å². The van der Waals surface area contributed by atoms with Crippen LogP contribution < -0.4 is 0 Å². The summed E-state index contributed by atoms with van der Waals surface area (Å²) in [7, 11) is 0. The van der Waals surface area contributed by atoms with Gasteiger partial charge in [-0.2, -0.15) is 0 Å². The van der Waals surface area contributed by atoms with Crippen LogP contribution in [0, 0.1) is 17.6 Å². The third-order valence-electron chi connectivity index (χ3n) is 3.29. The first-order valence-corrected chi connectivity index (χ1v) is 7.04. The minimum Gasteiger partial charge on any atom is -0.339 e. The van der Waals surface area contributed by atoms with Gasteiger partial charge in [-0.15, -0.1) is 0 Å². The Bertz CT molecular complexity index is 445. The summed E-state index contributed by atoms with van der Waals surface area (Å²) < 4.78 is 25.9. The number of hydrogen-bond acceptors (Lipinski definition) is 1. The summed E-state index contributed by atoms with van der Waals surface area (Å²) in [5, 5.41) is 0.945. The van der Waals surface area contributed by atoms with Crippen LogP contribution in [-0.4, -0.2) is 29.2 Å². The molecule has 1 heterocycles. The molecule has 1 aromatic carbocycles. The maximum absolute atomic E-state index is 13.1. The zero-order chi connectivity index (χ0) is 13.1. The number of halogens is 3. The van der Waals surface area contributed by atoms with Gasteiger partial charge >= 0.3 is 0 Å². The van der Waals surface area contributed by atoms with Crippen molar-refractivity contribution in [2.24, 2.45) is 5.92 Å². The van der Waals surface area contributed by atoms with Crippen LogP contribution in [0.4, 0.5) is 8.78 Å². The number of piperidine rings is 1. The van der Waals surface area contributed by atoms with Crippen molar-refractivity contribution in [3.8, 4) is 0 Å². The minimum atomic E-state index is -0.976. The Balaban J connectivity index is 2.05. The van der Waals surface area contributed by atoms with Crippen LogP contribution in [0.2, 0.25) is 0 Å². The quantitative estimate of drug-likeness (QED) is 0.767. The molecular weight excluding hydrogens is 304 g/mol. The smallest absolute Gasteiger partial charge is 0.253 e. The van der Waals surface area contributed by atoms with E-state index >= 15 is 0 Å². The molecule has 98 valence electrons.